The minimum Gasteiger partial charge on any atom is -0.370 e. The second kappa shape index (κ2) is 8.71. The van der Waals surface area contributed by atoms with E-state index in [0.29, 0.717) is 19.5 Å². The SMILES string of the molecule is CC(C)(OC1CCCN(C(=O)CCCCN=C(N)N)C1)C(N)=O. The van der Waals surface area contributed by atoms with E-state index in [-0.39, 0.29) is 18.0 Å². The fourth-order valence-corrected chi connectivity index (χ4v) is 2.49. The normalized spacial score (nSPS) is 18.5. The molecule has 0 saturated carbocycles. The van der Waals surface area contributed by atoms with E-state index in [0.717, 1.165) is 32.2 Å². The minimum atomic E-state index is -1.02. The molecule has 1 unspecified atom stereocenters. The number of likely N-dealkylation sites (tertiary alicyclic amines) is 1. The zero-order chi connectivity index (χ0) is 17.5. The molecule has 0 aromatic rings. The third-order valence-electron chi connectivity index (χ3n) is 3.88. The average molecular weight is 327 g/mol. The van der Waals surface area contributed by atoms with Gasteiger partial charge in [0, 0.05) is 26.1 Å². The number of carbonyl (C=O) groups is 2. The maximum atomic E-state index is 12.2. The highest BCUT2D eigenvalue weighted by molar-refractivity contribution is 5.82. The van der Waals surface area contributed by atoms with Crippen molar-refractivity contribution in [1.29, 1.82) is 0 Å². The van der Waals surface area contributed by atoms with Crippen molar-refractivity contribution in [3.05, 3.63) is 0 Å². The number of unbranched alkanes of at least 4 members (excludes halogenated alkanes) is 1. The Bertz CT molecular complexity index is 446. The Morgan fingerprint density at radius 2 is 1.96 bits per heavy atom. The second-order valence-corrected chi connectivity index (χ2v) is 6.36. The Labute approximate surface area is 137 Å². The zero-order valence-corrected chi connectivity index (χ0v) is 14.1. The Morgan fingerprint density at radius 1 is 1.26 bits per heavy atom. The number of hydrogen-bond acceptors (Lipinski definition) is 4. The molecule has 0 aromatic heterocycles. The predicted molar refractivity (Wildman–Crippen MR) is 88.5 cm³/mol. The molecule has 1 atom stereocenters. The number of carbonyl (C=O) groups excluding carboxylic acids is 2. The number of guanidine groups is 1. The van der Waals surface area contributed by atoms with Gasteiger partial charge < -0.3 is 26.8 Å². The van der Waals surface area contributed by atoms with Crippen LogP contribution in [0.2, 0.25) is 0 Å². The van der Waals surface area contributed by atoms with E-state index in [4.69, 9.17) is 21.9 Å². The fraction of sp³-hybridized carbons (Fsp3) is 0.800. The van der Waals surface area contributed by atoms with Gasteiger partial charge in [0.05, 0.1) is 6.10 Å². The minimum absolute atomic E-state index is 0.0735. The maximum absolute atomic E-state index is 12.2. The number of hydrogen-bond donors (Lipinski definition) is 3. The van der Waals surface area contributed by atoms with E-state index in [2.05, 4.69) is 4.99 Å². The molecule has 1 heterocycles. The van der Waals surface area contributed by atoms with Crippen LogP contribution in [0.1, 0.15) is 46.0 Å². The average Bonchev–Trinajstić information content (AvgIpc) is 2.46. The Hall–Kier alpha value is -1.83. The van der Waals surface area contributed by atoms with Gasteiger partial charge in [-0.2, -0.15) is 0 Å². The molecule has 132 valence electrons. The first kappa shape index (κ1) is 19.2. The first-order valence-electron chi connectivity index (χ1n) is 8.03. The Morgan fingerprint density at radius 3 is 2.57 bits per heavy atom. The van der Waals surface area contributed by atoms with Crippen LogP contribution < -0.4 is 17.2 Å². The van der Waals surface area contributed by atoms with Crippen molar-refractivity contribution in [2.24, 2.45) is 22.2 Å². The van der Waals surface area contributed by atoms with Crippen molar-refractivity contribution in [2.45, 2.75) is 57.7 Å². The molecule has 0 spiro atoms. The summed E-state index contributed by atoms with van der Waals surface area (Å²) >= 11 is 0. The summed E-state index contributed by atoms with van der Waals surface area (Å²) in [4.78, 5) is 29.3. The molecule has 0 bridgehead atoms. The third kappa shape index (κ3) is 6.85. The highest BCUT2D eigenvalue weighted by Crippen LogP contribution is 2.20. The van der Waals surface area contributed by atoms with E-state index in [1.807, 2.05) is 0 Å². The van der Waals surface area contributed by atoms with Gasteiger partial charge in [-0.15, -0.1) is 0 Å². The number of piperidine rings is 1. The predicted octanol–water partition coefficient (Wildman–Crippen LogP) is -0.298. The first-order valence-corrected chi connectivity index (χ1v) is 8.03. The van der Waals surface area contributed by atoms with Crippen LogP contribution in [-0.4, -0.2) is 54.0 Å². The summed E-state index contributed by atoms with van der Waals surface area (Å²) in [6, 6.07) is 0. The number of nitrogens with zero attached hydrogens (tertiary/aromatic N) is 2. The molecule has 6 N–H and O–H groups in total. The molecule has 0 aromatic carbocycles. The lowest BCUT2D eigenvalue weighted by Crippen LogP contribution is -2.49. The lowest BCUT2D eigenvalue weighted by atomic mass is 10.0. The molecular formula is C15H29N5O3. The third-order valence-corrected chi connectivity index (χ3v) is 3.88. The highest BCUT2D eigenvalue weighted by atomic mass is 16.5. The summed E-state index contributed by atoms with van der Waals surface area (Å²) in [5, 5.41) is 0. The van der Waals surface area contributed by atoms with Crippen LogP contribution in [0.3, 0.4) is 0 Å². The lowest BCUT2D eigenvalue weighted by Gasteiger charge is -2.36. The lowest BCUT2D eigenvalue weighted by molar-refractivity contribution is -0.154. The molecule has 8 nitrogen and oxygen atoms in total. The topological polar surface area (TPSA) is 137 Å². The Balaban J connectivity index is 2.38. The molecular weight excluding hydrogens is 298 g/mol. The quantitative estimate of drug-likeness (QED) is 0.319. The number of aliphatic imine (C=N–C) groups is 1. The molecule has 0 aliphatic carbocycles. The maximum Gasteiger partial charge on any atom is 0.249 e. The number of ether oxygens (including phenoxy) is 1. The van der Waals surface area contributed by atoms with Crippen LogP contribution in [0.5, 0.6) is 0 Å². The van der Waals surface area contributed by atoms with Gasteiger partial charge in [-0.3, -0.25) is 14.6 Å². The van der Waals surface area contributed by atoms with E-state index in [9.17, 15) is 9.59 Å². The highest BCUT2D eigenvalue weighted by Gasteiger charge is 2.32. The van der Waals surface area contributed by atoms with Gasteiger partial charge in [0.15, 0.2) is 5.96 Å². The Kier molecular flexibility index (Phi) is 7.28. The summed E-state index contributed by atoms with van der Waals surface area (Å²) in [5.41, 5.74) is 14.8. The van der Waals surface area contributed by atoms with Gasteiger partial charge in [-0.1, -0.05) is 0 Å². The smallest absolute Gasteiger partial charge is 0.249 e. The van der Waals surface area contributed by atoms with Crippen molar-refractivity contribution in [3.63, 3.8) is 0 Å². The number of primary amides is 1. The monoisotopic (exact) mass is 327 g/mol. The van der Waals surface area contributed by atoms with Crippen LogP contribution in [0.4, 0.5) is 0 Å². The largest absolute Gasteiger partial charge is 0.370 e. The van der Waals surface area contributed by atoms with Gasteiger partial charge in [-0.05, 0) is 39.5 Å². The summed E-state index contributed by atoms with van der Waals surface area (Å²) in [6.07, 6.45) is 3.50. The van der Waals surface area contributed by atoms with Crippen LogP contribution in [-0.2, 0) is 14.3 Å². The van der Waals surface area contributed by atoms with Crippen molar-refractivity contribution in [3.8, 4) is 0 Å². The molecule has 0 radical (unpaired) electrons. The first-order chi connectivity index (χ1) is 10.7. The van der Waals surface area contributed by atoms with Crippen LogP contribution in [0, 0.1) is 0 Å². The van der Waals surface area contributed by atoms with Gasteiger partial charge in [0.1, 0.15) is 5.60 Å². The number of nitrogens with two attached hydrogens (primary N) is 3. The van der Waals surface area contributed by atoms with Crippen LogP contribution in [0.15, 0.2) is 4.99 Å². The van der Waals surface area contributed by atoms with Crippen LogP contribution >= 0.6 is 0 Å². The number of rotatable bonds is 8. The summed E-state index contributed by atoms with van der Waals surface area (Å²) < 4.78 is 5.78. The van der Waals surface area contributed by atoms with Gasteiger partial charge in [0.2, 0.25) is 11.8 Å². The van der Waals surface area contributed by atoms with Gasteiger partial charge >= 0.3 is 0 Å². The van der Waals surface area contributed by atoms with Crippen molar-refractivity contribution in [1.82, 2.24) is 4.90 Å². The molecule has 1 rings (SSSR count). The van der Waals surface area contributed by atoms with Gasteiger partial charge in [-0.25, -0.2) is 0 Å². The fourth-order valence-electron chi connectivity index (χ4n) is 2.49. The molecule has 2 amide bonds. The molecule has 23 heavy (non-hydrogen) atoms. The summed E-state index contributed by atoms with van der Waals surface area (Å²) in [5.74, 6) is -0.329. The van der Waals surface area contributed by atoms with E-state index in [1.165, 1.54) is 0 Å². The standard InChI is InChI=1S/C15H29N5O3/c1-15(2,13(16)22)23-11-6-5-9-20(10-11)12(21)7-3-4-8-19-14(17)18/h11H,3-10H2,1-2H3,(H2,16,22)(H4,17,18,19). The molecule has 1 aliphatic heterocycles. The van der Waals surface area contributed by atoms with Crippen molar-refractivity contribution in [2.75, 3.05) is 19.6 Å². The zero-order valence-electron chi connectivity index (χ0n) is 14.1. The van der Waals surface area contributed by atoms with Crippen LogP contribution in [0.25, 0.3) is 0 Å². The molecule has 8 heteroatoms. The molecule has 1 fully saturated rings. The van der Waals surface area contributed by atoms with Gasteiger partial charge in [0.25, 0.3) is 0 Å². The second-order valence-electron chi connectivity index (χ2n) is 6.36. The summed E-state index contributed by atoms with van der Waals surface area (Å²) in [6.45, 7) is 5.07. The molecule has 1 saturated heterocycles. The van der Waals surface area contributed by atoms with E-state index < -0.39 is 11.5 Å². The number of amides is 2. The molecule has 1 aliphatic rings. The van der Waals surface area contributed by atoms with Crippen molar-refractivity contribution >= 4 is 17.8 Å². The van der Waals surface area contributed by atoms with E-state index >= 15 is 0 Å². The van der Waals surface area contributed by atoms with Crippen molar-refractivity contribution < 1.29 is 14.3 Å². The summed E-state index contributed by atoms with van der Waals surface area (Å²) in [7, 11) is 0. The van der Waals surface area contributed by atoms with E-state index in [1.54, 1.807) is 18.7 Å².